The number of halogens is 4. The fourth-order valence-electron chi connectivity index (χ4n) is 2.31. The molecule has 0 aromatic heterocycles. The van der Waals surface area contributed by atoms with Gasteiger partial charge in [-0.2, -0.15) is 5.26 Å². The van der Waals surface area contributed by atoms with Crippen LogP contribution in [0.15, 0.2) is 22.7 Å². The number of rotatable bonds is 3. The van der Waals surface area contributed by atoms with Gasteiger partial charge in [-0.3, -0.25) is 4.90 Å². The van der Waals surface area contributed by atoms with E-state index in [0.717, 1.165) is 36.2 Å². The number of nitriles is 1. The van der Waals surface area contributed by atoms with Crippen LogP contribution in [0.5, 0.6) is 0 Å². The zero-order valence-corrected chi connectivity index (χ0v) is 14.0. The lowest BCUT2D eigenvalue weighted by Gasteiger charge is -2.34. The highest BCUT2D eigenvalue weighted by Gasteiger charge is 2.22. The minimum absolute atomic E-state index is 0. The SMILES string of the molecule is Cl.Cl.N#CC[C@@H](c1cc(F)cc(Br)c1)N1CCNCC1. The van der Waals surface area contributed by atoms with Crippen molar-refractivity contribution in [1.82, 2.24) is 10.2 Å². The molecule has 0 aliphatic carbocycles. The molecular formula is C13H17BrCl2FN3. The van der Waals surface area contributed by atoms with E-state index in [-0.39, 0.29) is 36.7 Å². The quantitative estimate of drug-likeness (QED) is 0.868. The molecule has 1 aromatic carbocycles. The van der Waals surface area contributed by atoms with E-state index < -0.39 is 0 Å². The predicted octanol–water partition coefficient (Wildman–Crippen LogP) is 3.29. The maximum absolute atomic E-state index is 13.5. The molecule has 1 aliphatic rings. The molecule has 0 bridgehead atoms. The number of hydrogen-bond acceptors (Lipinski definition) is 3. The first-order valence-corrected chi connectivity index (χ1v) is 6.77. The second-order valence-electron chi connectivity index (χ2n) is 4.37. The van der Waals surface area contributed by atoms with Crippen molar-refractivity contribution in [1.29, 1.82) is 5.26 Å². The van der Waals surface area contributed by atoms with Gasteiger partial charge in [-0.1, -0.05) is 15.9 Å². The smallest absolute Gasteiger partial charge is 0.124 e. The summed E-state index contributed by atoms with van der Waals surface area (Å²) in [7, 11) is 0. The van der Waals surface area contributed by atoms with E-state index in [1.54, 1.807) is 0 Å². The molecule has 20 heavy (non-hydrogen) atoms. The number of hydrogen-bond donors (Lipinski definition) is 1. The topological polar surface area (TPSA) is 39.1 Å². The molecule has 1 aliphatic heterocycles. The second kappa shape index (κ2) is 9.54. The number of benzene rings is 1. The van der Waals surface area contributed by atoms with Crippen LogP contribution in [0.2, 0.25) is 0 Å². The third kappa shape index (κ3) is 5.19. The predicted molar refractivity (Wildman–Crippen MR) is 86.0 cm³/mol. The van der Waals surface area contributed by atoms with Crippen molar-refractivity contribution >= 4 is 40.7 Å². The molecule has 0 radical (unpaired) electrons. The van der Waals surface area contributed by atoms with E-state index in [1.165, 1.54) is 12.1 Å². The molecule has 112 valence electrons. The van der Waals surface area contributed by atoms with Crippen LogP contribution in [0.3, 0.4) is 0 Å². The number of piperazine rings is 1. The molecule has 3 nitrogen and oxygen atoms in total. The van der Waals surface area contributed by atoms with Gasteiger partial charge in [-0.25, -0.2) is 4.39 Å². The fraction of sp³-hybridized carbons (Fsp3) is 0.462. The first-order valence-electron chi connectivity index (χ1n) is 5.98. The Morgan fingerprint density at radius 3 is 2.50 bits per heavy atom. The van der Waals surface area contributed by atoms with Gasteiger partial charge in [0.25, 0.3) is 0 Å². The molecular weight excluding hydrogens is 368 g/mol. The van der Waals surface area contributed by atoms with Crippen LogP contribution in [-0.2, 0) is 0 Å². The first-order chi connectivity index (χ1) is 8.70. The van der Waals surface area contributed by atoms with Crippen LogP contribution in [0.4, 0.5) is 4.39 Å². The number of nitrogens with one attached hydrogen (secondary N) is 1. The Morgan fingerprint density at radius 2 is 1.95 bits per heavy atom. The summed E-state index contributed by atoms with van der Waals surface area (Å²) in [5.41, 5.74) is 0.866. The maximum atomic E-state index is 13.5. The minimum Gasteiger partial charge on any atom is -0.314 e. The van der Waals surface area contributed by atoms with E-state index in [1.807, 2.05) is 6.07 Å². The Kier molecular flexibility index (Phi) is 9.36. The molecule has 0 saturated carbocycles. The summed E-state index contributed by atoms with van der Waals surface area (Å²) in [6.07, 6.45) is 0.385. The molecule has 1 heterocycles. The van der Waals surface area contributed by atoms with Crippen LogP contribution in [-0.4, -0.2) is 31.1 Å². The van der Waals surface area contributed by atoms with Gasteiger partial charge < -0.3 is 5.32 Å². The van der Waals surface area contributed by atoms with E-state index in [9.17, 15) is 4.39 Å². The van der Waals surface area contributed by atoms with Crippen molar-refractivity contribution in [2.45, 2.75) is 12.5 Å². The van der Waals surface area contributed by atoms with Gasteiger partial charge >= 0.3 is 0 Å². The summed E-state index contributed by atoms with van der Waals surface area (Å²) < 4.78 is 14.2. The molecule has 0 spiro atoms. The maximum Gasteiger partial charge on any atom is 0.124 e. The summed E-state index contributed by atoms with van der Waals surface area (Å²) in [6.45, 7) is 3.61. The highest BCUT2D eigenvalue weighted by atomic mass is 79.9. The largest absolute Gasteiger partial charge is 0.314 e. The lowest BCUT2D eigenvalue weighted by atomic mass is 10.0. The zero-order valence-electron chi connectivity index (χ0n) is 10.8. The third-order valence-electron chi connectivity index (χ3n) is 3.15. The fourth-order valence-corrected chi connectivity index (χ4v) is 2.79. The average molecular weight is 385 g/mol. The molecule has 2 rings (SSSR count). The van der Waals surface area contributed by atoms with Gasteiger partial charge in [0.2, 0.25) is 0 Å². The van der Waals surface area contributed by atoms with Crippen LogP contribution < -0.4 is 5.32 Å². The minimum atomic E-state index is -0.266. The summed E-state index contributed by atoms with van der Waals surface area (Å²) in [5.74, 6) is -0.266. The normalized spacial score (nSPS) is 16.4. The first kappa shape index (κ1) is 19.6. The molecule has 7 heteroatoms. The van der Waals surface area contributed by atoms with Crippen LogP contribution in [0.1, 0.15) is 18.0 Å². The van der Waals surface area contributed by atoms with Gasteiger partial charge in [-0.15, -0.1) is 24.8 Å². The van der Waals surface area contributed by atoms with Crippen molar-refractivity contribution in [2.24, 2.45) is 0 Å². The standard InChI is InChI=1S/C13H15BrFN3.2ClH/c14-11-7-10(8-12(15)9-11)13(1-2-16)18-5-3-17-4-6-18;;/h7-9,13,17H,1,3-6H2;2*1H/t13-;;/m0../s1. The molecule has 0 amide bonds. The Bertz CT molecular complexity index is 441. The summed E-state index contributed by atoms with van der Waals surface area (Å²) in [6, 6.07) is 7.03. The van der Waals surface area contributed by atoms with Crippen molar-refractivity contribution < 1.29 is 4.39 Å². The highest BCUT2D eigenvalue weighted by Crippen LogP contribution is 2.27. The van der Waals surface area contributed by atoms with Crippen molar-refractivity contribution in [3.8, 4) is 6.07 Å². The van der Waals surface area contributed by atoms with Gasteiger partial charge in [0, 0.05) is 36.7 Å². The highest BCUT2D eigenvalue weighted by molar-refractivity contribution is 9.10. The van der Waals surface area contributed by atoms with E-state index in [2.05, 4.69) is 32.2 Å². The van der Waals surface area contributed by atoms with Crippen LogP contribution in [0, 0.1) is 17.1 Å². The Hall–Kier alpha value is -0.380. The van der Waals surface area contributed by atoms with Crippen molar-refractivity contribution in [2.75, 3.05) is 26.2 Å². The van der Waals surface area contributed by atoms with Gasteiger partial charge in [-0.05, 0) is 23.8 Å². The molecule has 1 fully saturated rings. The molecule has 1 aromatic rings. The van der Waals surface area contributed by atoms with Crippen molar-refractivity contribution in [3.63, 3.8) is 0 Å². The summed E-state index contributed by atoms with van der Waals surface area (Å²) in [4.78, 5) is 2.24. The molecule has 1 N–H and O–H groups in total. The van der Waals surface area contributed by atoms with Gasteiger partial charge in [0.15, 0.2) is 0 Å². The Labute approximate surface area is 139 Å². The molecule has 0 unspecified atom stereocenters. The summed E-state index contributed by atoms with van der Waals surface area (Å²) in [5, 5.41) is 12.2. The molecule has 1 saturated heterocycles. The third-order valence-corrected chi connectivity index (χ3v) is 3.60. The van der Waals surface area contributed by atoms with E-state index in [4.69, 9.17) is 5.26 Å². The Morgan fingerprint density at radius 1 is 1.30 bits per heavy atom. The van der Waals surface area contributed by atoms with Crippen LogP contribution in [0.25, 0.3) is 0 Å². The van der Waals surface area contributed by atoms with Crippen LogP contribution >= 0.6 is 40.7 Å². The molecule has 1 atom stereocenters. The monoisotopic (exact) mass is 383 g/mol. The second-order valence-corrected chi connectivity index (χ2v) is 5.28. The summed E-state index contributed by atoms with van der Waals surface area (Å²) >= 11 is 3.30. The Balaban J connectivity index is 0.00000180. The van der Waals surface area contributed by atoms with E-state index >= 15 is 0 Å². The van der Waals surface area contributed by atoms with E-state index in [0.29, 0.717) is 6.42 Å². The average Bonchev–Trinajstić information content (AvgIpc) is 2.36. The lowest BCUT2D eigenvalue weighted by Crippen LogP contribution is -2.45. The number of nitrogens with zero attached hydrogens (tertiary/aromatic N) is 2. The van der Waals surface area contributed by atoms with Crippen molar-refractivity contribution in [3.05, 3.63) is 34.1 Å². The zero-order chi connectivity index (χ0) is 13.0. The van der Waals surface area contributed by atoms with Gasteiger partial charge in [0.05, 0.1) is 12.5 Å². The van der Waals surface area contributed by atoms with Gasteiger partial charge in [0.1, 0.15) is 5.82 Å². The lowest BCUT2D eigenvalue weighted by molar-refractivity contribution is 0.175.